The molecule has 0 bridgehead atoms. The summed E-state index contributed by atoms with van der Waals surface area (Å²) in [7, 11) is 0. The topological polar surface area (TPSA) is 61.0 Å². The van der Waals surface area contributed by atoms with Gasteiger partial charge in [-0.1, -0.05) is 18.2 Å². The molecule has 88 valence electrons. The number of hydrogen-bond acceptors (Lipinski definition) is 3. The predicted molar refractivity (Wildman–Crippen MR) is 63.9 cm³/mol. The Bertz CT molecular complexity index is 561. The van der Waals surface area contributed by atoms with Gasteiger partial charge in [0.05, 0.1) is 23.2 Å². The molecule has 0 saturated carbocycles. The Balaban J connectivity index is 2.39. The van der Waals surface area contributed by atoms with Crippen molar-refractivity contribution in [3.8, 4) is 0 Å². The number of hydrogen-bond donors (Lipinski definition) is 0. The monoisotopic (exact) mass is 231 g/mol. The van der Waals surface area contributed by atoms with E-state index in [4.69, 9.17) is 0 Å². The third-order valence-electron chi connectivity index (χ3n) is 2.60. The molecule has 17 heavy (non-hydrogen) atoms. The summed E-state index contributed by atoms with van der Waals surface area (Å²) in [6, 6.07) is 5.34. The number of rotatable bonds is 3. The molecule has 0 aliphatic heterocycles. The van der Waals surface area contributed by atoms with Crippen molar-refractivity contribution in [3.63, 3.8) is 0 Å². The van der Waals surface area contributed by atoms with Crippen LogP contribution in [0.4, 0.5) is 5.69 Å². The van der Waals surface area contributed by atoms with Crippen LogP contribution in [0.5, 0.6) is 0 Å². The molecule has 2 aromatic rings. The molecular formula is C12H13N3O2. The Morgan fingerprint density at radius 2 is 2.18 bits per heavy atom. The minimum absolute atomic E-state index is 0.181. The Morgan fingerprint density at radius 1 is 1.41 bits per heavy atom. The number of aromatic nitrogens is 2. The minimum Gasteiger partial charge on any atom is -0.268 e. The highest BCUT2D eigenvalue weighted by atomic mass is 16.6. The fourth-order valence-corrected chi connectivity index (χ4v) is 1.84. The zero-order chi connectivity index (χ0) is 12.4. The highest BCUT2D eigenvalue weighted by Crippen LogP contribution is 2.23. The molecule has 5 nitrogen and oxygen atoms in total. The molecule has 0 radical (unpaired) electrons. The fraction of sp³-hybridized carbons (Fsp3) is 0.250. The third kappa shape index (κ3) is 2.33. The van der Waals surface area contributed by atoms with Crippen molar-refractivity contribution >= 4 is 5.69 Å². The first-order valence-electron chi connectivity index (χ1n) is 5.30. The van der Waals surface area contributed by atoms with Crippen LogP contribution < -0.4 is 0 Å². The lowest BCUT2D eigenvalue weighted by Gasteiger charge is -2.05. The molecule has 0 spiro atoms. The van der Waals surface area contributed by atoms with Crippen molar-refractivity contribution < 1.29 is 4.92 Å². The van der Waals surface area contributed by atoms with Gasteiger partial charge in [-0.3, -0.25) is 14.8 Å². The van der Waals surface area contributed by atoms with E-state index in [0.29, 0.717) is 17.7 Å². The normalized spacial score (nSPS) is 10.5. The van der Waals surface area contributed by atoms with Gasteiger partial charge in [-0.2, -0.15) is 5.10 Å². The summed E-state index contributed by atoms with van der Waals surface area (Å²) in [5.74, 6) is 0. The molecule has 1 heterocycles. The molecule has 0 aliphatic rings. The van der Waals surface area contributed by atoms with Gasteiger partial charge < -0.3 is 0 Å². The molecule has 0 saturated heterocycles. The number of aryl methyl sites for hydroxylation is 2. The molecule has 2 rings (SSSR count). The zero-order valence-electron chi connectivity index (χ0n) is 9.75. The lowest BCUT2D eigenvalue weighted by molar-refractivity contribution is -0.386. The van der Waals surface area contributed by atoms with Gasteiger partial charge in [-0.05, 0) is 19.4 Å². The van der Waals surface area contributed by atoms with E-state index in [1.54, 1.807) is 29.9 Å². The van der Waals surface area contributed by atoms with Crippen molar-refractivity contribution in [1.29, 1.82) is 0 Å². The van der Waals surface area contributed by atoms with E-state index in [1.807, 2.05) is 19.2 Å². The Labute approximate surface area is 98.8 Å². The summed E-state index contributed by atoms with van der Waals surface area (Å²) in [5, 5.41) is 15.1. The quantitative estimate of drug-likeness (QED) is 0.602. The first kappa shape index (κ1) is 11.3. The third-order valence-corrected chi connectivity index (χ3v) is 2.60. The van der Waals surface area contributed by atoms with Crippen molar-refractivity contribution in [2.45, 2.75) is 20.4 Å². The van der Waals surface area contributed by atoms with Crippen molar-refractivity contribution in [1.82, 2.24) is 9.78 Å². The zero-order valence-corrected chi connectivity index (χ0v) is 9.75. The minimum atomic E-state index is -0.332. The lowest BCUT2D eigenvalue weighted by Crippen LogP contribution is -2.04. The van der Waals surface area contributed by atoms with Crippen LogP contribution in [0.1, 0.15) is 16.7 Å². The summed E-state index contributed by atoms with van der Waals surface area (Å²) < 4.78 is 1.71. The maximum Gasteiger partial charge on any atom is 0.277 e. The van der Waals surface area contributed by atoms with Crippen LogP contribution in [0.25, 0.3) is 0 Å². The van der Waals surface area contributed by atoms with E-state index in [-0.39, 0.29) is 10.6 Å². The number of nitrogens with zero attached hydrogens (tertiary/aromatic N) is 3. The molecule has 0 aliphatic carbocycles. The Morgan fingerprint density at radius 3 is 2.76 bits per heavy atom. The summed E-state index contributed by atoms with van der Waals surface area (Å²) >= 11 is 0. The highest BCUT2D eigenvalue weighted by molar-refractivity contribution is 5.47. The second-order valence-electron chi connectivity index (χ2n) is 4.06. The smallest absolute Gasteiger partial charge is 0.268 e. The van der Waals surface area contributed by atoms with Gasteiger partial charge in [-0.25, -0.2) is 0 Å². The first-order chi connectivity index (χ1) is 8.08. The van der Waals surface area contributed by atoms with Crippen LogP contribution in [0, 0.1) is 24.0 Å². The molecular weight excluding hydrogens is 218 g/mol. The van der Waals surface area contributed by atoms with Gasteiger partial charge in [-0.15, -0.1) is 0 Å². The number of nitro groups is 1. The van der Waals surface area contributed by atoms with Gasteiger partial charge in [0.2, 0.25) is 0 Å². The van der Waals surface area contributed by atoms with Crippen LogP contribution in [-0.4, -0.2) is 14.7 Å². The highest BCUT2D eigenvalue weighted by Gasteiger charge is 2.16. The molecule has 0 atom stereocenters. The van der Waals surface area contributed by atoms with Crippen molar-refractivity contribution in [2.24, 2.45) is 0 Å². The number of nitro benzene ring substituents is 1. The van der Waals surface area contributed by atoms with Gasteiger partial charge in [0.15, 0.2) is 0 Å². The van der Waals surface area contributed by atoms with Gasteiger partial charge >= 0.3 is 0 Å². The SMILES string of the molecule is Cc1cnn(Cc2cccc(C)c2[N+](=O)[O-])c1. The first-order valence-corrected chi connectivity index (χ1v) is 5.30. The van der Waals surface area contributed by atoms with E-state index in [9.17, 15) is 10.1 Å². The van der Waals surface area contributed by atoms with E-state index >= 15 is 0 Å². The average molecular weight is 231 g/mol. The molecule has 5 heteroatoms. The summed E-state index contributed by atoms with van der Waals surface area (Å²) in [6.45, 7) is 4.11. The molecule has 0 N–H and O–H groups in total. The molecule has 0 fully saturated rings. The van der Waals surface area contributed by atoms with Crippen molar-refractivity contribution in [2.75, 3.05) is 0 Å². The van der Waals surface area contributed by atoms with Crippen LogP contribution in [0.2, 0.25) is 0 Å². The summed E-state index contributed by atoms with van der Waals surface area (Å²) in [6.07, 6.45) is 3.60. The van der Waals surface area contributed by atoms with E-state index in [0.717, 1.165) is 5.56 Å². The standard InChI is InChI=1S/C12H13N3O2/c1-9-6-13-14(7-9)8-11-5-3-4-10(2)12(11)15(16)17/h3-7H,8H2,1-2H3. The molecule has 0 unspecified atom stereocenters. The van der Waals surface area contributed by atoms with Gasteiger partial charge in [0.25, 0.3) is 5.69 Å². The second-order valence-corrected chi connectivity index (χ2v) is 4.06. The van der Waals surface area contributed by atoms with E-state index in [2.05, 4.69) is 5.10 Å². The summed E-state index contributed by atoms with van der Waals surface area (Å²) in [4.78, 5) is 10.7. The van der Waals surface area contributed by atoms with E-state index < -0.39 is 0 Å². The lowest BCUT2D eigenvalue weighted by atomic mass is 10.1. The van der Waals surface area contributed by atoms with E-state index in [1.165, 1.54) is 0 Å². The number of para-hydroxylation sites is 1. The molecule has 1 aromatic heterocycles. The second kappa shape index (κ2) is 4.37. The average Bonchev–Trinajstić information content (AvgIpc) is 2.63. The summed E-state index contributed by atoms with van der Waals surface area (Å²) in [5.41, 5.74) is 2.58. The number of benzene rings is 1. The Kier molecular flexibility index (Phi) is 2.91. The van der Waals surface area contributed by atoms with Crippen molar-refractivity contribution in [3.05, 3.63) is 57.4 Å². The maximum absolute atomic E-state index is 11.0. The van der Waals surface area contributed by atoms with Crippen LogP contribution in [-0.2, 0) is 6.54 Å². The van der Waals surface area contributed by atoms with Crippen LogP contribution >= 0.6 is 0 Å². The predicted octanol–water partition coefficient (Wildman–Crippen LogP) is 2.46. The molecule has 1 aromatic carbocycles. The van der Waals surface area contributed by atoms with Gasteiger partial charge in [0.1, 0.15) is 0 Å². The molecule has 0 amide bonds. The largest absolute Gasteiger partial charge is 0.277 e. The van der Waals surface area contributed by atoms with Gasteiger partial charge in [0, 0.05) is 11.8 Å². The van der Waals surface area contributed by atoms with Crippen LogP contribution in [0.3, 0.4) is 0 Å². The fourth-order valence-electron chi connectivity index (χ4n) is 1.84. The Hall–Kier alpha value is -2.17. The maximum atomic E-state index is 11.0. The van der Waals surface area contributed by atoms with Crippen LogP contribution in [0.15, 0.2) is 30.6 Å².